The lowest BCUT2D eigenvalue weighted by Crippen LogP contribution is -2.28. The normalized spacial score (nSPS) is 19.7. The summed E-state index contributed by atoms with van der Waals surface area (Å²) in [5, 5.41) is 0. The van der Waals surface area contributed by atoms with Crippen LogP contribution in [0, 0.1) is 26.7 Å². The highest BCUT2D eigenvalue weighted by Gasteiger charge is 2.28. The zero-order chi connectivity index (χ0) is 12.6. The third kappa shape index (κ3) is 2.28. The molecule has 3 heteroatoms. The Morgan fingerprint density at radius 2 is 1.88 bits per heavy atom. The van der Waals surface area contributed by atoms with Crippen LogP contribution in [0.3, 0.4) is 0 Å². The van der Waals surface area contributed by atoms with E-state index in [1.807, 2.05) is 0 Å². The van der Waals surface area contributed by atoms with Gasteiger partial charge in [0, 0.05) is 18.8 Å². The monoisotopic (exact) mass is 232 g/mol. The number of aryl methyl sites for hydroxylation is 3. The molecule has 0 saturated carbocycles. The number of rotatable bonds is 2. The minimum absolute atomic E-state index is 0.00935. The second-order valence-electron chi connectivity index (χ2n) is 5.08. The summed E-state index contributed by atoms with van der Waals surface area (Å²) in [6.07, 6.45) is 0.877. The van der Waals surface area contributed by atoms with Crippen LogP contribution in [-0.2, 0) is 4.79 Å². The van der Waals surface area contributed by atoms with Gasteiger partial charge in [-0.3, -0.25) is 4.79 Å². The van der Waals surface area contributed by atoms with Gasteiger partial charge in [-0.2, -0.15) is 0 Å². The number of hydrogen-bond donors (Lipinski definition) is 1. The van der Waals surface area contributed by atoms with Crippen LogP contribution in [0.1, 0.15) is 23.1 Å². The largest absolute Gasteiger partial charge is 0.370 e. The minimum atomic E-state index is -0.171. The molecule has 0 radical (unpaired) electrons. The summed E-state index contributed by atoms with van der Waals surface area (Å²) >= 11 is 0. The molecule has 0 aromatic heterocycles. The molecule has 3 nitrogen and oxygen atoms in total. The van der Waals surface area contributed by atoms with Crippen molar-refractivity contribution in [1.29, 1.82) is 0 Å². The molecule has 0 aliphatic carbocycles. The predicted molar refractivity (Wildman–Crippen MR) is 70.2 cm³/mol. The van der Waals surface area contributed by atoms with Gasteiger partial charge in [-0.25, -0.2) is 0 Å². The highest BCUT2D eigenvalue weighted by molar-refractivity contribution is 5.78. The van der Waals surface area contributed by atoms with E-state index in [0.29, 0.717) is 0 Å². The summed E-state index contributed by atoms with van der Waals surface area (Å²) in [5.41, 5.74) is 10.5. The zero-order valence-corrected chi connectivity index (χ0v) is 10.8. The summed E-state index contributed by atoms with van der Waals surface area (Å²) < 4.78 is 0. The van der Waals surface area contributed by atoms with Gasteiger partial charge in [0.05, 0.1) is 5.92 Å². The van der Waals surface area contributed by atoms with E-state index in [2.05, 4.69) is 37.8 Å². The van der Waals surface area contributed by atoms with E-state index >= 15 is 0 Å². The van der Waals surface area contributed by atoms with Crippen molar-refractivity contribution < 1.29 is 4.79 Å². The number of amides is 1. The molecule has 1 fully saturated rings. The van der Waals surface area contributed by atoms with Crippen molar-refractivity contribution in [3.05, 3.63) is 28.8 Å². The van der Waals surface area contributed by atoms with Crippen molar-refractivity contribution in [2.24, 2.45) is 11.7 Å². The highest BCUT2D eigenvalue weighted by atomic mass is 16.1. The van der Waals surface area contributed by atoms with Crippen LogP contribution in [0.2, 0.25) is 0 Å². The lowest BCUT2D eigenvalue weighted by Gasteiger charge is -2.23. The van der Waals surface area contributed by atoms with Gasteiger partial charge in [-0.15, -0.1) is 0 Å². The summed E-state index contributed by atoms with van der Waals surface area (Å²) in [6.45, 7) is 8.07. The van der Waals surface area contributed by atoms with Crippen LogP contribution in [0.5, 0.6) is 0 Å². The smallest absolute Gasteiger partial charge is 0.222 e. The molecular formula is C14H20N2O. The molecule has 17 heavy (non-hydrogen) atoms. The molecule has 0 bridgehead atoms. The fourth-order valence-electron chi connectivity index (χ4n) is 2.87. The number of primary amides is 1. The Balaban J connectivity index is 2.27. The maximum Gasteiger partial charge on any atom is 0.222 e. The SMILES string of the molecule is Cc1cc(C)c(N2CCC(C(N)=O)C2)c(C)c1. The minimum Gasteiger partial charge on any atom is -0.370 e. The molecule has 1 aromatic carbocycles. The summed E-state index contributed by atoms with van der Waals surface area (Å²) in [5.74, 6) is -0.162. The Labute approximate surface area is 103 Å². The summed E-state index contributed by atoms with van der Waals surface area (Å²) in [6, 6.07) is 4.39. The van der Waals surface area contributed by atoms with Crippen molar-refractivity contribution in [2.75, 3.05) is 18.0 Å². The standard InChI is InChI=1S/C14H20N2O/c1-9-6-10(2)13(11(3)7-9)16-5-4-12(8-16)14(15)17/h6-7,12H,4-5,8H2,1-3H3,(H2,15,17). The molecular weight excluding hydrogens is 212 g/mol. The molecule has 1 atom stereocenters. The predicted octanol–water partition coefficient (Wildman–Crippen LogP) is 1.92. The zero-order valence-electron chi connectivity index (χ0n) is 10.8. The molecule has 1 heterocycles. The first kappa shape index (κ1) is 12.0. The quantitative estimate of drug-likeness (QED) is 0.846. The van der Waals surface area contributed by atoms with Crippen molar-refractivity contribution in [1.82, 2.24) is 0 Å². The van der Waals surface area contributed by atoms with Crippen LogP contribution in [0.25, 0.3) is 0 Å². The van der Waals surface area contributed by atoms with Gasteiger partial charge in [0.25, 0.3) is 0 Å². The Bertz CT molecular complexity index is 431. The van der Waals surface area contributed by atoms with E-state index in [-0.39, 0.29) is 11.8 Å². The fraction of sp³-hybridized carbons (Fsp3) is 0.500. The maximum absolute atomic E-state index is 11.2. The fourth-order valence-corrected chi connectivity index (χ4v) is 2.87. The van der Waals surface area contributed by atoms with Crippen LogP contribution in [0.4, 0.5) is 5.69 Å². The number of anilines is 1. The third-order valence-corrected chi connectivity index (χ3v) is 3.54. The lowest BCUT2D eigenvalue weighted by atomic mass is 10.0. The molecule has 1 amide bonds. The first-order valence-electron chi connectivity index (χ1n) is 6.11. The number of carbonyl (C=O) groups is 1. The van der Waals surface area contributed by atoms with Gasteiger partial charge in [-0.05, 0) is 38.3 Å². The van der Waals surface area contributed by atoms with E-state index in [9.17, 15) is 4.79 Å². The first-order valence-corrected chi connectivity index (χ1v) is 6.11. The molecule has 0 spiro atoms. The van der Waals surface area contributed by atoms with E-state index in [0.717, 1.165) is 19.5 Å². The Kier molecular flexibility index (Phi) is 3.09. The van der Waals surface area contributed by atoms with Gasteiger partial charge in [-0.1, -0.05) is 17.7 Å². The van der Waals surface area contributed by atoms with E-state index in [1.54, 1.807) is 0 Å². The van der Waals surface area contributed by atoms with Crippen LogP contribution in [0.15, 0.2) is 12.1 Å². The second-order valence-corrected chi connectivity index (χ2v) is 5.08. The van der Waals surface area contributed by atoms with Gasteiger partial charge in [0.15, 0.2) is 0 Å². The van der Waals surface area contributed by atoms with Gasteiger partial charge >= 0.3 is 0 Å². The second kappa shape index (κ2) is 4.40. The highest BCUT2D eigenvalue weighted by Crippen LogP contribution is 2.30. The summed E-state index contributed by atoms with van der Waals surface area (Å²) in [4.78, 5) is 13.5. The number of nitrogens with two attached hydrogens (primary N) is 1. The molecule has 1 aliphatic heterocycles. The van der Waals surface area contributed by atoms with E-state index < -0.39 is 0 Å². The molecule has 1 aliphatic rings. The summed E-state index contributed by atoms with van der Waals surface area (Å²) in [7, 11) is 0. The molecule has 1 saturated heterocycles. The number of carbonyl (C=O) groups excluding carboxylic acids is 1. The third-order valence-electron chi connectivity index (χ3n) is 3.54. The number of nitrogens with zero attached hydrogens (tertiary/aromatic N) is 1. The lowest BCUT2D eigenvalue weighted by molar-refractivity contribution is -0.121. The van der Waals surface area contributed by atoms with E-state index in [4.69, 9.17) is 5.73 Å². The number of benzene rings is 1. The molecule has 2 rings (SSSR count). The number of hydrogen-bond acceptors (Lipinski definition) is 2. The van der Waals surface area contributed by atoms with Gasteiger partial charge in [0.1, 0.15) is 0 Å². The van der Waals surface area contributed by atoms with Crippen molar-refractivity contribution >= 4 is 11.6 Å². The average molecular weight is 232 g/mol. The molecule has 1 unspecified atom stereocenters. The maximum atomic E-state index is 11.2. The Hall–Kier alpha value is -1.51. The first-order chi connectivity index (χ1) is 7.99. The molecule has 2 N–H and O–H groups in total. The van der Waals surface area contributed by atoms with E-state index in [1.165, 1.54) is 22.4 Å². The molecule has 92 valence electrons. The topological polar surface area (TPSA) is 46.3 Å². The Morgan fingerprint density at radius 3 is 2.35 bits per heavy atom. The molecule has 1 aromatic rings. The van der Waals surface area contributed by atoms with Crippen LogP contribution < -0.4 is 10.6 Å². The van der Waals surface area contributed by atoms with Crippen LogP contribution >= 0.6 is 0 Å². The van der Waals surface area contributed by atoms with Gasteiger partial charge in [0.2, 0.25) is 5.91 Å². The average Bonchev–Trinajstić information content (AvgIpc) is 2.65. The van der Waals surface area contributed by atoms with Crippen molar-refractivity contribution in [3.63, 3.8) is 0 Å². The van der Waals surface area contributed by atoms with Crippen molar-refractivity contribution in [2.45, 2.75) is 27.2 Å². The van der Waals surface area contributed by atoms with Crippen molar-refractivity contribution in [3.8, 4) is 0 Å². The van der Waals surface area contributed by atoms with Crippen LogP contribution in [-0.4, -0.2) is 19.0 Å². The van der Waals surface area contributed by atoms with Gasteiger partial charge < -0.3 is 10.6 Å². The Morgan fingerprint density at radius 1 is 1.29 bits per heavy atom.